The number of carboxylic acids is 1. The number of carboxylic acid groups (broad SMARTS) is 1. The molecule has 1 aromatic carbocycles. The molecular formula is C16H18BN3O7. The summed E-state index contributed by atoms with van der Waals surface area (Å²) in [6.07, 6.45) is 0.257. The van der Waals surface area contributed by atoms with Crippen LogP contribution in [0.15, 0.2) is 18.2 Å². The van der Waals surface area contributed by atoms with Gasteiger partial charge in [0.05, 0.1) is 24.5 Å². The summed E-state index contributed by atoms with van der Waals surface area (Å²) in [5.41, 5.74) is 1.02. The molecule has 0 radical (unpaired) electrons. The predicted molar refractivity (Wildman–Crippen MR) is 90.9 cm³/mol. The normalized spacial score (nSPS) is 16.0. The van der Waals surface area contributed by atoms with E-state index < -0.39 is 32.1 Å². The molecule has 27 heavy (non-hydrogen) atoms. The first-order chi connectivity index (χ1) is 12.9. The van der Waals surface area contributed by atoms with Gasteiger partial charge in [0.1, 0.15) is 18.0 Å². The van der Waals surface area contributed by atoms with Crippen molar-refractivity contribution in [1.29, 1.82) is 0 Å². The average molecular weight is 375 g/mol. The molecule has 0 saturated heterocycles. The number of aliphatic hydroxyl groups is 2. The Morgan fingerprint density at radius 2 is 2.07 bits per heavy atom. The van der Waals surface area contributed by atoms with Gasteiger partial charge in [0.25, 0.3) is 0 Å². The molecule has 0 spiro atoms. The molecule has 3 rings (SSSR count). The van der Waals surface area contributed by atoms with E-state index in [0.717, 1.165) is 0 Å². The minimum atomic E-state index is -1.32. The second kappa shape index (κ2) is 7.86. The molecule has 10 nitrogen and oxygen atoms in total. The van der Waals surface area contributed by atoms with Crippen LogP contribution in [-0.2, 0) is 31.0 Å². The second-order valence-corrected chi connectivity index (χ2v) is 6.27. The first-order valence-electron chi connectivity index (χ1n) is 8.29. The maximum Gasteiger partial charge on any atom is 0.526 e. The van der Waals surface area contributed by atoms with Gasteiger partial charge in [-0.1, -0.05) is 17.3 Å². The highest BCUT2D eigenvalue weighted by molar-refractivity contribution is 6.47. The predicted octanol–water partition coefficient (Wildman–Crippen LogP) is -0.594. The number of benzene rings is 1. The molecule has 4 N–H and O–H groups in total. The van der Waals surface area contributed by atoms with Crippen molar-refractivity contribution in [3.05, 3.63) is 40.7 Å². The number of hydrogen-bond acceptors (Lipinski definition) is 8. The number of para-hydroxylation sites is 1. The molecular weight excluding hydrogens is 357 g/mol. The Morgan fingerprint density at radius 1 is 1.30 bits per heavy atom. The lowest BCUT2D eigenvalue weighted by Gasteiger charge is -2.28. The summed E-state index contributed by atoms with van der Waals surface area (Å²) < 4.78 is 6.58. The minimum absolute atomic E-state index is 0.0307. The maximum absolute atomic E-state index is 12.4. The van der Waals surface area contributed by atoms with Crippen molar-refractivity contribution in [3.8, 4) is 5.75 Å². The fourth-order valence-corrected chi connectivity index (χ4v) is 3.14. The van der Waals surface area contributed by atoms with Crippen LogP contribution in [0, 0.1) is 0 Å². The summed E-state index contributed by atoms with van der Waals surface area (Å²) in [5, 5.41) is 45.3. The molecule has 0 aliphatic carbocycles. The number of aromatic carboxylic acids is 1. The monoisotopic (exact) mass is 375 g/mol. The Labute approximate surface area is 154 Å². The Morgan fingerprint density at radius 3 is 2.74 bits per heavy atom. The molecule has 1 aromatic heterocycles. The molecule has 142 valence electrons. The van der Waals surface area contributed by atoms with E-state index in [1.807, 2.05) is 0 Å². The van der Waals surface area contributed by atoms with Gasteiger partial charge in [-0.2, -0.15) is 0 Å². The summed E-state index contributed by atoms with van der Waals surface area (Å²) in [6.45, 7) is -0.993. The summed E-state index contributed by atoms with van der Waals surface area (Å²) in [6, 6.07) is 4.67. The van der Waals surface area contributed by atoms with Crippen LogP contribution in [0.5, 0.6) is 5.75 Å². The number of aliphatic hydroxyl groups excluding tert-OH is 2. The number of Topliss-reactive ketones (excluding diaryl/α,β-unsaturated/α-hetero) is 1. The lowest BCUT2D eigenvalue weighted by molar-refractivity contribution is -0.120. The van der Waals surface area contributed by atoms with E-state index in [4.69, 9.17) is 9.76 Å². The molecule has 0 bridgehead atoms. The quantitative estimate of drug-likeness (QED) is 0.465. The van der Waals surface area contributed by atoms with Gasteiger partial charge in [-0.05, 0) is 18.1 Å². The summed E-state index contributed by atoms with van der Waals surface area (Å²) >= 11 is 0. The van der Waals surface area contributed by atoms with E-state index in [2.05, 4.69) is 10.3 Å². The van der Waals surface area contributed by atoms with Crippen LogP contribution in [-0.4, -0.2) is 54.2 Å². The van der Waals surface area contributed by atoms with E-state index in [1.165, 1.54) is 10.7 Å². The molecule has 0 fully saturated rings. The van der Waals surface area contributed by atoms with Crippen molar-refractivity contribution in [2.45, 2.75) is 38.4 Å². The van der Waals surface area contributed by atoms with Crippen LogP contribution >= 0.6 is 0 Å². The molecule has 1 aliphatic rings. The van der Waals surface area contributed by atoms with Crippen LogP contribution < -0.4 is 4.65 Å². The molecule has 0 amide bonds. The number of fused-ring (bicyclic) bond motifs is 1. The van der Waals surface area contributed by atoms with E-state index >= 15 is 0 Å². The van der Waals surface area contributed by atoms with Gasteiger partial charge in [0.2, 0.25) is 0 Å². The van der Waals surface area contributed by atoms with E-state index in [1.54, 1.807) is 12.1 Å². The van der Waals surface area contributed by atoms with Gasteiger partial charge in [-0.3, -0.25) is 4.79 Å². The van der Waals surface area contributed by atoms with Gasteiger partial charge in [0.15, 0.2) is 5.78 Å². The van der Waals surface area contributed by atoms with Gasteiger partial charge >= 0.3 is 13.1 Å². The number of hydrogen-bond donors (Lipinski definition) is 4. The molecule has 0 saturated carbocycles. The van der Waals surface area contributed by atoms with Crippen molar-refractivity contribution in [2.75, 3.05) is 0 Å². The lowest BCUT2D eigenvalue weighted by Crippen LogP contribution is -2.36. The summed E-state index contributed by atoms with van der Waals surface area (Å²) in [7, 11) is -1.32. The minimum Gasteiger partial charge on any atom is -0.535 e. The Kier molecular flexibility index (Phi) is 5.54. The third-order valence-corrected chi connectivity index (χ3v) is 4.48. The third-order valence-electron chi connectivity index (χ3n) is 4.48. The van der Waals surface area contributed by atoms with E-state index in [-0.39, 0.29) is 47.9 Å². The molecule has 2 heterocycles. The standard InChI is InChI=1S/C16H18BN3O7/c21-7-13-14(8-22)20(19-18-13)6-11(23)5-10-4-9-2-1-3-12(16(24)25)15(9)27-17(10)26/h1-3,10,21-22,26H,4-8H2,(H,24,25)/t10-/m1/s1. The highest BCUT2D eigenvalue weighted by Crippen LogP contribution is 2.36. The van der Waals surface area contributed by atoms with Crippen molar-refractivity contribution in [3.63, 3.8) is 0 Å². The average Bonchev–Trinajstić information content (AvgIpc) is 3.03. The summed E-state index contributed by atoms with van der Waals surface area (Å²) in [5.74, 6) is -1.86. The Bertz CT molecular complexity index is 870. The number of nitrogens with zero attached hydrogens (tertiary/aromatic N) is 3. The molecule has 1 atom stereocenters. The van der Waals surface area contributed by atoms with Crippen molar-refractivity contribution in [2.24, 2.45) is 0 Å². The number of aromatic nitrogens is 3. The first kappa shape index (κ1) is 19.0. The zero-order valence-corrected chi connectivity index (χ0v) is 14.3. The lowest BCUT2D eigenvalue weighted by atomic mass is 9.64. The van der Waals surface area contributed by atoms with Crippen molar-refractivity contribution >= 4 is 18.9 Å². The zero-order chi connectivity index (χ0) is 19.6. The fraction of sp³-hybridized carbons (Fsp3) is 0.375. The fourth-order valence-electron chi connectivity index (χ4n) is 3.14. The molecule has 2 aromatic rings. The highest BCUT2D eigenvalue weighted by atomic mass is 16.5. The van der Waals surface area contributed by atoms with Gasteiger partial charge < -0.3 is 25.0 Å². The number of carbonyl (C=O) groups is 2. The van der Waals surface area contributed by atoms with Crippen LogP contribution in [0.25, 0.3) is 0 Å². The van der Waals surface area contributed by atoms with E-state index in [9.17, 15) is 24.8 Å². The second-order valence-electron chi connectivity index (χ2n) is 6.27. The van der Waals surface area contributed by atoms with Crippen molar-refractivity contribution in [1.82, 2.24) is 15.0 Å². The summed E-state index contributed by atoms with van der Waals surface area (Å²) in [4.78, 5) is 23.6. The number of carbonyl (C=O) groups excluding carboxylic acids is 1. The zero-order valence-electron chi connectivity index (χ0n) is 14.3. The maximum atomic E-state index is 12.4. The van der Waals surface area contributed by atoms with Crippen LogP contribution in [0.4, 0.5) is 0 Å². The largest absolute Gasteiger partial charge is 0.535 e. The van der Waals surface area contributed by atoms with Gasteiger partial charge in [-0.25, -0.2) is 9.48 Å². The number of rotatable bonds is 7. The first-order valence-corrected chi connectivity index (χ1v) is 8.29. The third kappa shape index (κ3) is 3.84. The molecule has 1 aliphatic heterocycles. The van der Waals surface area contributed by atoms with Crippen LogP contribution in [0.2, 0.25) is 5.82 Å². The smallest absolute Gasteiger partial charge is 0.526 e. The van der Waals surface area contributed by atoms with Crippen molar-refractivity contribution < 1.29 is 34.6 Å². The molecule has 11 heteroatoms. The Hall–Kier alpha value is -2.76. The van der Waals surface area contributed by atoms with E-state index in [0.29, 0.717) is 5.56 Å². The topological polar surface area (TPSA) is 155 Å². The number of ketones is 1. The Balaban J connectivity index is 1.71. The van der Waals surface area contributed by atoms with Crippen LogP contribution in [0.1, 0.15) is 33.7 Å². The SMILES string of the molecule is O=C(C[C@H]1Cc2cccc(C(=O)O)c2OB1O)Cn1nnc(CO)c1CO. The van der Waals surface area contributed by atoms with Gasteiger partial charge in [-0.15, -0.1) is 5.10 Å². The molecule has 0 unspecified atom stereocenters. The van der Waals surface area contributed by atoms with Gasteiger partial charge in [0, 0.05) is 12.2 Å². The highest BCUT2D eigenvalue weighted by Gasteiger charge is 2.37. The van der Waals surface area contributed by atoms with Crippen LogP contribution in [0.3, 0.4) is 0 Å².